The number of aryl methyl sites for hydroxylation is 1. The average molecular weight is 317 g/mol. The van der Waals surface area contributed by atoms with E-state index >= 15 is 0 Å². The first-order valence-electron chi connectivity index (χ1n) is 7.24. The van der Waals surface area contributed by atoms with Crippen LogP contribution in [0.25, 0.3) is 0 Å². The highest BCUT2D eigenvalue weighted by atomic mass is 16.6. The number of nitro groups is 1. The summed E-state index contributed by atoms with van der Waals surface area (Å²) in [5.74, 6) is -0.334. The lowest BCUT2D eigenvalue weighted by molar-refractivity contribution is -0.384. The number of nitrogens with zero attached hydrogens (tertiary/aromatic N) is 3. The van der Waals surface area contributed by atoms with E-state index < -0.39 is 4.92 Å². The molecule has 0 radical (unpaired) electrons. The maximum Gasteiger partial charge on any atom is 0.303 e. The molecule has 1 aromatic carbocycles. The van der Waals surface area contributed by atoms with Gasteiger partial charge in [0.1, 0.15) is 6.10 Å². The van der Waals surface area contributed by atoms with Crippen LogP contribution < -0.4 is 0 Å². The lowest BCUT2D eigenvalue weighted by atomic mass is 10.1. The Balaban J connectivity index is 2.24. The number of aromatic nitrogens is 2. The van der Waals surface area contributed by atoms with Crippen LogP contribution in [-0.4, -0.2) is 20.7 Å². The van der Waals surface area contributed by atoms with Gasteiger partial charge < -0.3 is 4.74 Å². The second-order valence-electron chi connectivity index (χ2n) is 5.42. The van der Waals surface area contributed by atoms with Gasteiger partial charge in [-0.3, -0.25) is 19.6 Å². The van der Waals surface area contributed by atoms with Gasteiger partial charge >= 0.3 is 5.97 Å². The third-order valence-electron chi connectivity index (χ3n) is 3.67. The van der Waals surface area contributed by atoms with Crippen LogP contribution >= 0.6 is 0 Å². The highest BCUT2D eigenvalue weighted by Crippen LogP contribution is 2.25. The molecule has 0 spiro atoms. The van der Waals surface area contributed by atoms with Gasteiger partial charge in [0, 0.05) is 30.3 Å². The molecule has 2 rings (SSSR count). The summed E-state index contributed by atoms with van der Waals surface area (Å²) in [5.41, 5.74) is 3.58. The Morgan fingerprint density at radius 2 is 1.96 bits per heavy atom. The Hall–Kier alpha value is -2.70. The standard InChI is InChI=1S/C16H19N3O4/c1-10-16(12(3)23-13(4)20)11(2)18(17-10)9-14-5-7-15(8-6-14)19(21)22/h5-8,12H,9H2,1-4H3. The topological polar surface area (TPSA) is 87.3 Å². The average Bonchev–Trinajstić information content (AvgIpc) is 2.73. The van der Waals surface area contributed by atoms with E-state index in [9.17, 15) is 14.9 Å². The van der Waals surface area contributed by atoms with E-state index in [4.69, 9.17) is 4.74 Å². The number of non-ortho nitro benzene ring substituents is 1. The molecule has 2 aromatic rings. The normalized spacial score (nSPS) is 12.0. The second-order valence-corrected chi connectivity index (χ2v) is 5.42. The fourth-order valence-electron chi connectivity index (χ4n) is 2.66. The minimum Gasteiger partial charge on any atom is -0.458 e. The van der Waals surface area contributed by atoms with Crippen molar-refractivity contribution in [2.45, 2.75) is 40.3 Å². The summed E-state index contributed by atoms with van der Waals surface area (Å²) in [6, 6.07) is 6.38. The van der Waals surface area contributed by atoms with Gasteiger partial charge in [0.15, 0.2) is 0 Å². The Labute approximate surface area is 134 Å². The monoisotopic (exact) mass is 317 g/mol. The smallest absolute Gasteiger partial charge is 0.303 e. The van der Waals surface area contributed by atoms with Gasteiger partial charge in [-0.25, -0.2) is 0 Å². The molecule has 1 aromatic heterocycles. The number of nitro benzene ring substituents is 1. The first kappa shape index (κ1) is 16.7. The van der Waals surface area contributed by atoms with Gasteiger partial charge in [-0.2, -0.15) is 5.10 Å². The molecule has 0 saturated heterocycles. The molecule has 0 saturated carbocycles. The highest BCUT2D eigenvalue weighted by Gasteiger charge is 2.19. The van der Waals surface area contributed by atoms with Crippen LogP contribution in [0.5, 0.6) is 0 Å². The van der Waals surface area contributed by atoms with Gasteiger partial charge in [-0.15, -0.1) is 0 Å². The van der Waals surface area contributed by atoms with E-state index in [1.807, 2.05) is 25.5 Å². The van der Waals surface area contributed by atoms with Crippen LogP contribution in [0.15, 0.2) is 24.3 Å². The molecule has 0 aliphatic carbocycles. The maximum absolute atomic E-state index is 11.1. The van der Waals surface area contributed by atoms with Crippen molar-refractivity contribution in [3.05, 3.63) is 56.9 Å². The molecule has 0 bridgehead atoms. The first-order valence-corrected chi connectivity index (χ1v) is 7.24. The number of benzene rings is 1. The predicted molar refractivity (Wildman–Crippen MR) is 84.1 cm³/mol. The van der Waals surface area contributed by atoms with Crippen LogP contribution in [0.1, 0.15) is 42.5 Å². The summed E-state index contributed by atoms with van der Waals surface area (Å²) in [7, 11) is 0. The summed E-state index contributed by atoms with van der Waals surface area (Å²) in [6.07, 6.45) is -0.363. The number of carbonyl (C=O) groups is 1. The van der Waals surface area contributed by atoms with E-state index in [1.165, 1.54) is 19.1 Å². The molecule has 1 unspecified atom stereocenters. The third kappa shape index (κ3) is 3.74. The minimum absolute atomic E-state index is 0.0614. The van der Waals surface area contributed by atoms with Crippen molar-refractivity contribution in [2.24, 2.45) is 0 Å². The Kier molecular flexibility index (Phi) is 4.78. The van der Waals surface area contributed by atoms with Crippen LogP contribution in [-0.2, 0) is 16.1 Å². The zero-order chi connectivity index (χ0) is 17.1. The van der Waals surface area contributed by atoms with Gasteiger partial charge in [-0.05, 0) is 26.3 Å². The fraction of sp³-hybridized carbons (Fsp3) is 0.375. The van der Waals surface area contributed by atoms with E-state index in [0.717, 1.165) is 22.5 Å². The number of esters is 1. The molecular formula is C16H19N3O4. The minimum atomic E-state index is -0.425. The molecule has 0 N–H and O–H groups in total. The molecule has 1 atom stereocenters. The van der Waals surface area contributed by atoms with Crippen molar-refractivity contribution in [1.29, 1.82) is 0 Å². The van der Waals surface area contributed by atoms with Crippen molar-refractivity contribution in [1.82, 2.24) is 9.78 Å². The molecule has 122 valence electrons. The van der Waals surface area contributed by atoms with Crippen molar-refractivity contribution >= 4 is 11.7 Å². The summed E-state index contributed by atoms with van der Waals surface area (Å²) in [6.45, 7) is 7.48. The fourth-order valence-corrected chi connectivity index (χ4v) is 2.66. The molecule has 0 fully saturated rings. The molecule has 0 amide bonds. The molecular weight excluding hydrogens is 298 g/mol. The van der Waals surface area contributed by atoms with Gasteiger partial charge in [0.05, 0.1) is 17.2 Å². The van der Waals surface area contributed by atoms with Gasteiger partial charge in [0.25, 0.3) is 5.69 Å². The van der Waals surface area contributed by atoms with E-state index in [-0.39, 0.29) is 17.8 Å². The number of rotatable bonds is 5. The summed E-state index contributed by atoms with van der Waals surface area (Å²) in [5, 5.41) is 15.2. The van der Waals surface area contributed by atoms with Crippen molar-refractivity contribution < 1.29 is 14.5 Å². The van der Waals surface area contributed by atoms with E-state index in [2.05, 4.69) is 5.10 Å². The second kappa shape index (κ2) is 6.60. The van der Waals surface area contributed by atoms with Crippen molar-refractivity contribution in [2.75, 3.05) is 0 Å². The zero-order valence-electron chi connectivity index (χ0n) is 13.6. The van der Waals surface area contributed by atoms with E-state index in [0.29, 0.717) is 6.54 Å². The SMILES string of the molecule is CC(=O)OC(C)c1c(C)nn(Cc2ccc([N+](=O)[O-])cc2)c1C. The van der Waals surface area contributed by atoms with Gasteiger partial charge in [-0.1, -0.05) is 12.1 Å². The molecule has 1 heterocycles. The summed E-state index contributed by atoms with van der Waals surface area (Å²) < 4.78 is 7.05. The van der Waals surface area contributed by atoms with Crippen molar-refractivity contribution in [3.63, 3.8) is 0 Å². The number of hydrogen-bond donors (Lipinski definition) is 0. The number of carbonyl (C=O) groups excluding carboxylic acids is 1. The molecule has 7 nitrogen and oxygen atoms in total. The Bertz CT molecular complexity index is 735. The molecule has 23 heavy (non-hydrogen) atoms. The lowest BCUT2D eigenvalue weighted by Crippen LogP contribution is -2.08. The van der Waals surface area contributed by atoms with Crippen LogP contribution in [0.3, 0.4) is 0 Å². The third-order valence-corrected chi connectivity index (χ3v) is 3.67. The van der Waals surface area contributed by atoms with E-state index in [1.54, 1.807) is 12.1 Å². The lowest BCUT2D eigenvalue weighted by Gasteiger charge is -2.13. The molecule has 0 aliphatic heterocycles. The molecule has 0 aliphatic rings. The zero-order valence-corrected chi connectivity index (χ0v) is 13.6. The molecule has 7 heteroatoms. The largest absolute Gasteiger partial charge is 0.458 e. The Morgan fingerprint density at radius 3 is 2.48 bits per heavy atom. The number of hydrogen-bond acceptors (Lipinski definition) is 5. The first-order chi connectivity index (χ1) is 10.8. The Morgan fingerprint density at radius 1 is 1.35 bits per heavy atom. The van der Waals surface area contributed by atoms with Crippen molar-refractivity contribution in [3.8, 4) is 0 Å². The van der Waals surface area contributed by atoms with Crippen LogP contribution in [0.4, 0.5) is 5.69 Å². The highest BCUT2D eigenvalue weighted by molar-refractivity contribution is 5.66. The number of ether oxygens (including phenoxy) is 1. The van der Waals surface area contributed by atoms with Gasteiger partial charge in [0.2, 0.25) is 0 Å². The maximum atomic E-state index is 11.1. The summed E-state index contributed by atoms with van der Waals surface area (Å²) >= 11 is 0. The van der Waals surface area contributed by atoms with Crippen LogP contribution in [0.2, 0.25) is 0 Å². The quantitative estimate of drug-likeness (QED) is 0.480. The predicted octanol–water partition coefficient (Wildman–Crippen LogP) is 3.08. The van der Waals surface area contributed by atoms with Crippen LogP contribution in [0, 0.1) is 24.0 Å². The summed E-state index contributed by atoms with van der Waals surface area (Å²) in [4.78, 5) is 21.4.